The number of hydrogen-bond acceptors (Lipinski definition) is 5. The molecule has 1 aromatic heterocycles. The van der Waals surface area contributed by atoms with Gasteiger partial charge in [-0.05, 0) is 25.8 Å². The fraction of sp³-hybridized carbons (Fsp3) is 0.471. The maximum atomic E-state index is 14.1. The van der Waals surface area contributed by atoms with E-state index in [1.807, 2.05) is 6.92 Å². The van der Waals surface area contributed by atoms with Crippen molar-refractivity contribution in [1.29, 1.82) is 0 Å². The van der Waals surface area contributed by atoms with Gasteiger partial charge in [0.2, 0.25) is 0 Å². The average Bonchev–Trinajstić information content (AvgIpc) is 3.04. The Labute approximate surface area is 140 Å². The van der Waals surface area contributed by atoms with Crippen LogP contribution < -0.4 is 5.32 Å². The first-order chi connectivity index (χ1) is 11.6. The molecule has 24 heavy (non-hydrogen) atoms. The van der Waals surface area contributed by atoms with Gasteiger partial charge < -0.3 is 9.30 Å². The first-order valence-corrected chi connectivity index (χ1v) is 8.12. The van der Waals surface area contributed by atoms with Crippen LogP contribution in [-0.2, 0) is 22.5 Å². The van der Waals surface area contributed by atoms with Gasteiger partial charge in [0.1, 0.15) is 23.5 Å². The second-order valence-electron chi connectivity index (χ2n) is 5.95. The molecule has 1 N–H and O–H groups in total. The van der Waals surface area contributed by atoms with Crippen LogP contribution >= 0.6 is 0 Å². The molecule has 0 saturated heterocycles. The maximum Gasteiger partial charge on any atom is 0.327 e. The van der Waals surface area contributed by atoms with Crippen LogP contribution in [0.2, 0.25) is 0 Å². The van der Waals surface area contributed by atoms with Gasteiger partial charge in [0.25, 0.3) is 0 Å². The minimum absolute atomic E-state index is 0.259. The molecule has 0 spiro atoms. The first-order valence-electron chi connectivity index (χ1n) is 8.12. The zero-order valence-electron chi connectivity index (χ0n) is 13.8. The highest BCUT2D eigenvalue weighted by molar-refractivity contribution is 5.77. The Morgan fingerprint density at radius 3 is 2.88 bits per heavy atom. The predicted octanol–water partition coefficient (Wildman–Crippen LogP) is 2.32. The highest BCUT2D eigenvalue weighted by Crippen LogP contribution is 2.24. The normalized spacial score (nSPS) is 16.3. The molecule has 2 atom stereocenters. The molecule has 2 unspecified atom stereocenters. The number of fused-ring (bicyclic) bond motifs is 1. The number of esters is 1. The third-order valence-electron chi connectivity index (χ3n) is 4.35. The summed E-state index contributed by atoms with van der Waals surface area (Å²) >= 11 is 0. The standard InChI is InChI=1S/C17H21FN4O2/c1-11(16-21-20-14-9-5-6-10-22(14)16)19-15(17(23)24-2)12-7-3-4-8-13(12)18/h3-4,7-8,11,15,19H,5-6,9-10H2,1-2H3. The van der Waals surface area contributed by atoms with E-state index in [2.05, 4.69) is 20.1 Å². The summed E-state index contributed by atoms with van der Waals surface area (Å²) < 4.78 is 21.0. The van der Waals surface area contributed by atoms with Crippen molar-refractivity contribution >= 4 is 5.97 Å². The third kappa shape index (κ3) is 3.17. The average molecular weight is 332 g/mol. The van der Waals surface area contributed by atoms with Crippen molar-refractivity contribution in [2.45, 2.75) is 44.8 Å². The lowest BCUT2D eigenvalue weighted by atomic mass is 10.0. The second kappa shape index (κ2) is 7.09. The van der Waals surface area contributed by atoms with Crippen molar-refractivity contribution in [2.24, 2.45) is 0 Å². The Hall–Kier alpha value is -2.28. The molecular formula is C17H21FN4O2. The molecule has 1 aromatic carbocycles. The van der Waals surface area contributed by atoms with Gasteiger partial charge in [-0.2, -0.15) is 0 Å². The molecule has 2 heterocycles. The van der Waals surface area contributed by atoms with Gasteiger partial charge in [0.15, 0.2) is 0 Å². The summed E-state index contributed by atoms with van der Waals surface area (Å²) in [7, 11) is 1.29. The molecule has 1 aliphatic rings. The number of benzene rings is 1. The molecule has 0 saturated carbocycles. The number of rotatable bonds is 5. The number of methoxy groups -OCH3 is 1. The van der Waals surface area contributed by atoms with Crippen molar-refractivity contribution in [3.05, 3.63) is 47.3 Å². The van der Waals surface area contributed by atoms with E-state index in [0.29, 0.717) is 0 Å². The van der Waals surface area contributed by atoms with Crippen molar-refractivity contribution in [1.82, 2.24) is 20.1 Å². The monoisotopic (exact) mass is 332 g/mol. The van der Waals surface area contributed by atoms with Gasteiger partial charge in [-0.3, -0.25) is 5.32 Å². The van der Waals surface area contributed by atoms with Gasteiger partial charge in [-0.1, -0.05) is 18.2 Å². The molecule has 0 bridgehead atoms. The number of halogens is 1. The number of nitrogens with zero attached hydrogens (tertiary/aromatic N) is 3. The van der Waals surface area contributed by atoms with Gasteiger partial charge in [-0.25, -0.2) is 9.18 Å². The van der Waals surface area contributed by atoms with Crippen molar-refractivity contribution < 1.29 is 13.9 Å². The predicted molar refractivity (Wildman–Crippen MR) is 85.7 cm³/mol. The topological polar surface area (TPSA) is 69.0 Å². The Balaban J connectivity index is 1.86. The molecule has 7 heteroatoms. The zero-order chi connectivity index (χ0) is 17.1. The Morgan fingerprint density at radius 2 is 2.12 bits per heavy atom. The smallest absolute Gasteiger partial charge is 0.327 e. The largest absolute Gasteiger partial charge is 0.468 e. The van der Waals surface area contributed by atoms with E-state index in [-0.39, 0.29) is 11.6 Å². The highest BCUT2D eigenvalue weighted by atomic mass is 19.1. The number of hydrogen-bond donors (Lipinski definition) is 1. The summed E-state index contributed by atoms with van der Waals surface area (Å²) in [5, 5.41) is 11.6. The molecular weight excluding hydrogens is 311 g/mol. The molecule has 0 amide bonds. The summed E-state index contributed by atoms with van der Waals surface area (Å²) in [4.78, 5) is 12.2. The number of aromatic nitrogens is 3. The lowest BCUT2D eigenvalue weighted by Crippen LogP contribution is -2.34. The molecule has 6 nitrogen and oxygen atoms in total. The second-order valence-corrected chi connectivity index (χ2v) is 5.95. The fourth-order valence-corrected chi connectivity index (χ4v) is 3.09. The third-order valence-corrected chi connectivity index (χ3v) is 4.35. The van der Waals surface area contributed by atoms with E-state index < -0.39 is 17.8 Å². The van der Waals surface area contributed by atoms with E-state index in [1.165, 1.54) is 13.2 Å². The SMILES string of the molecule is COC(=O)C(NC(C)c1nnc2n1CCCC2)c1ccccc1F. The summed E-state index contributed by atoms with van der Waals surface area (Å²) in [6.07, 6.45) is 3.10. The van der Waals surface area contributed by atoms with E-state index in [0.717, 1.165) is 37.5 Å². The minimum Gasteiger partial charge on any atom is -0.468 e. The van der Waals surface area contributed by atoms with Gasteiger partial charge >= 0.3 is 5.97 Å². The molecule has 0 aliphatic carbocycles. The number of nitrogens with one attached hydrogen (secondary N) is 1. The lowest BCUT2D eigenvalue weighted by molar-refractivity contribution is -0.143. The molecule has 128 valence electrons. The van der Waals surface area contributed by atoms with Crippen LogP contribution in [0.15, 0.2) is 24.3 Å². The zero-order valence-corrected chi connectivity index (χ0v) is 13.8. The van der Waals surface area contributed by atoms with Crippen LogP contribution in [0, 0.1) is 5.82 Å². The number of carbonyl (C=O) groups is 1. The summed E-state index contributed by atoms with van der Waals surface area (Å²) in [5.74, 6) is 0.738. The number of ether oxygens (including phenoxy) is 1. The van der Waals surface area contributed by atoms with E-state index in [9.17, 15) is 9.18 Å². The van der Waals surface area contributed by atoms with Crippen LogP contribution in [0.3, 0.4) is 0 Å². The quantitative estimate of drug-likeness (QED) is 0.851. The summed E-state index contributed by atoms with van der Waals surface area (Å²) in [6.45, 7) is 2.76. The summed E-state index contributed by atoms with van der Waals surface area (Å²) in [6, 6.07) is 5.02. The van der Waals surface area contributed by atoms with Crippen LogP contribution in [-0.4, -0.2) is 27.8 Å². The van der Waals surface area contributed by atoms with Crippen LogP contribution in [0.5, 0.6) is 0 Å². The molecule has 3 rings (SSSR count). The molecule has 0 fully saturated rings. The van der Waals surface area contributed by atoms with Crippen LogP contribution in [0.4, 0.5) is 4.39 Å². The maximum absolute atomic E-state index is 14.1. The lowest BCUT2D eigenvalue weighted by Gasteiger charge is -2.23. The number of aryl methyl sites for hydroxylation is 1. The van der Waals surface area contributed by atoms with Crippen molar-refractivity contribution in [3.8, 4) is 0 Å². The Morgan fingerprint density at radius 1 is 1.33 bits per heavy atom. The van der Waals surface area contributed by atoms with E-state index in [1.54, 1.807) is 18.2 Å². The van der Waals surface area contributed by atoms with Gasteiger partial charge in [0.05, 0.1) is 13.2 Å². The van der Waals surface area contributed by atoms with Gasteiger partial charge in [0, 0.05) is 18.5 Å². The first kappa shape index (κ1) is 16.6. The fourth-order valence-electron chi connectivity index (χ4n) is 3.09. The highest BCUT2D eigenvalue weighted by Gasteiger charge is 2.28. The summed E-state index contributed by atoms with van der Waals surface area (Å²) in [5.41, 5.74) is 0.259. The van der Waals surface area contributed by atoms with Gasteiger partial charge in [-0.15, -0.1) is 10.2 Å². The van der Waals surface area contributed by atoms with Crippen molar-refractivity contribution in [2.75, 3.05) is 7.11 Å². The van der Waals surface area contributed by atoms with E-state index >= 15 is 0 Å². The minimum atomic E-state index is -0.900. The van der Waals surface area contributed by atoms with Crippen LogP contribution in [0.1, 0.15) is 49.1 Å². The molecule has 2 aromatic rings. The van der Waals surface area contributed by atoms with Crippen molar-refractivity contribution in [3.63, 3.8) is 0 Å². The Bertz CT molecular complexity index is 731. The molecule has 0 radical (unpaired) electrons. The van der Waals surface area contributed by atoms with Crippen LogP contribution in [0.25, 0.3) is 0 Å². The molecule has 1 aliphatic heterocycles. The Kier molecular flexibility index (Phi) is 4.89. The number of carbonyl (C=O) groups excluding carboxylic acids is 1. The van der Waals surface area contributed by atoms with E-state index in [4.69, 9.17) is 4.74 Å².